The van der Waals surface area contributed by atoms with Gasteiger partial charge in [-0.05, 0) is 43.8 Å². The van der Waals surface area contributed by atoms with Crippen molar-refractivity contribution in [3.63, 3.8) is 0 Å². The zero-order valence-corrected chi connectivity index (χ0v) is 15.5. The van der Waals surface area contributed by atoms with Crippen LogP contribution in [0.2, 0.25) is 0 Å². The van der Waals surface area contributed by atoms with Gasteiger partial charge < -0.3 is 0 Å². The normalized spacial score (nSPS) is 11.4. The van der Waals surface area contributed by atoms with E-state index in [9.17, 15) is 0 Å². The molecule has 0 atom stereocenters. The van der Waals surface area contributed by atoms with Crippen molar-refractivity contribution in [2.75, 3.05) is 0 Å². The lowest BCUT2D eigenvalue weighted by atomic mass is 9.90. The molecule has 5 aromatic rings. The molecule has 0 amide bonds. The Labute approximate surface area is 165 Å². The summed E-state index contributed by atoms with van der Waals surface area (Å²) in [6.45, 7) is 0. The van der Waals surface area contributed by atoms with Gasteiger partial charge in [0.2, 0.25) is 0 Å². The molecular weight excluding hydrogens is 336 g/mol. The van der Waals surface area contributed by atoms with Gasteiger partial charge in [0.05, 0.1) is 0 Å². The fourth-order valence-corrected chi connectivity index (χ4v) is 3.92. The minimum atomic E-state index is 1.21. The quantitative estimate of drug-likeness (QED) is 0.289. The summed E-state index contributed by atoms with van der Waals surface area (Å²) < 4.78 is 0. The van der Waals surface area contributed by atoms with Crippen molar-refractivity contribution in [3.8, 4) is 11.1 Å². The average molecular weight is 356 g/mol. The fourth-order valence-electron chi connectivity index (χ4n) is 3.92. The molecule has 0 aromatic heterocycles. The van der Waals surface area contributed by atoms with Gasteiger partial charge >= 0.3 is 0 Å². The van der Waals surface area contributed by atoms with Crippen LogP contribution in [0.15, 0.2) is 109 Å². The van der Waals surface area contributed by atoms with Crippen LogP contribution in [0, 0.1) is 0 Å². The second kappa shape index (κ2) is 7.17. The molecular formula is C28H20. The Bertz CT molecular complexity index is 1290. The molecule has 0 aliphatic heterocycles. The summed E-state index contributed by atoms with van der Waals surface area (Å²) in [4.78, 5) is 0. The second-order valence-electron chi connectivity index (χ2n) is 7.02. The van der Waals surface area contributed by atoms with Gasteiger partial charge in [-0.3, -0.25) is 0 Å². The Balaban J connectivity index is 1.79. The van der Waals surface area contributed by atoms with Crippen molar-refractivity contribution >= 4 is 33.7 Å². The average Bonchev–Trinajstić information content (AvgIpc) is 2.77. The lowest BCUT2D eigenvalue weighted by Crippen LogP contribution is -1.88. The van der Waals surface area contributed by atoms with Crippen molar-refractivity contribution < 1.29 is 0 Å². The van der Waals surface area contributed by atoms with Gasteiger partial charge in [-0.1, -0.05) is 121 Å². The van der Waals surface area contributed by atoms with Crippen LogP contribution in [-0.4, -0.2) is 0 Å². The Kier molecular flexibility index (Phi) is 4.23. The monoisotopic (exact) mass is 356 g/mol. The molecule has 0 fully saturated rings. The largest absolute Gasteiger partial charge is 0.0622 e. The van der Waals surface area contributed by atoms with Gasteiger partial charge in [-0.15, -0.1) is 0 Å². The molecule has 0 saturated heterocycles. The lowest BCUT2D eigenvalue weighted by Gasteiger charge is -2.14. The molecule has 0 aliphatic rings. The van der Waals surface area contributed by atoms with Crippen molar-refractivity contribution in [1.29, 1.82) is 0 Å². The highest BCUT2D eigenvalue weighted by atomic mass is 14.1. The molecule has 28 heavy (non-hydrogen) atoms. The Morgan fingerprint density at radius 2 is 1.07 bits per heavy atom. The molecule has 0 nitrogen and oxygen atoms in total. The Morgan fingerprint density at radius 3 is 1.89 bits per heavy atom. The van der Waals surface area contributed by atoms with E-state index in [1.165, 1.54) is 43.8 Å². The molecule has 132 valence electrons. The number of hydrogen-bond acceptors (Lipinski definition) is 0. The van der Waals surface area contributed by atoms with E-state index in [-0.39, 0.29) is 0 Å². The lowest BCUT2D eigenvalue weighted by molar-refractivity contribution is 1.64. The summed E-state index contributed by atoms with van der Waals surface area (Å²) in [7, 11) is 0. The summed E-state index contributed by atoms with van der Waals surface area (Å²) in [5.74, 6) is 0. The van der Waals surface area contributed by atoms with E-state index in [1.54, 1.807) is 0 Å². The van der Waals surface area contributed by atoms with Crippen molar-refractivity contribution in [1.82, 2.24) is 0 Å². The molecule has 5 aromatic carbocycles. The summed E-state index contributed by atoms with van der Waals surface area (Å²) in [6, 6.07) is 38.8. The maximum absolute atomic E-state index is 2.24. The topological polar surface area (TPSA) is 0 Å². The third-order valence-electron chi connectivity index (χ3n) is 5.28. The number of rotatable bonds is 3. The van der Waals surface area contributed by atoms with E-state index in [2.05, 4.69) is 121 Å². The fraction of sp³-hybridized carbons (Fsp3) is 0. The van der Waals surface area contributed by atoms with Crippen LogP contribution < -0.4 is 0 Å². The van der Waals surface area contributed by atoms with Crippen LogP contribution in [0.1, 0.15) is 11.1 Å². The molecule has 0 spiro atoms. The SMILES string of the molecule is C(=C\c1ccc2ccccc2c1-c1cccc2ccccc12)/c1ccccc1. The highest BCUT2D eigenvalue weighted by Gasteiger charge is 2.11. The molecule has 0 heterocycles. The van der Waals surface area contributed by atoms with E-state index >= 15 is 0 Å². The minimum absolute atomic E-state index is 1.21. The third-order valence-corrected chi connectivity index (χ3v) is 5.28. The molecule has 0 N–H and O–H groups in total. The van der Waals surface area contributed by atoms with Gasteiger partial charge in [-0.25, -0.2) is 0 Å². The van der Waals surface area contributed by atoms with Crippen LogP contribution in [0.25, 0.3) is 44.8 Å². The summed E-state index contributed by atoms with van der Waals surface area (Å²) in [5, 5.41) is 5.11. The van der Waals surface area contributed by atoms with E-state index < -0.39 is 0 Å². The van der Waals surface area contributed by atoms with E-state index in [0.717, 1.165) is 0 Å². The smallest absolute Gasteiger partial charge is 0.00266 e. The highest BCUT2D eigenvalue weighted by molar-refractivity contribution is 6.08. The van der Waals surface area contributed by atoms with Crippen LogP contribution in [0.5, 0.6) is 0 Å². The minimum Gasteiger partial charge on any atom is -0.0622 e. The first kappa shape index (κ1) is 16.5. The first-order chi connectivity index (χ1) is 13.9. The molecule has 0 unspecified atom stereocenters. The molecule has 0 radical (unpaired) electrons. The number of fused-ring (bicyclic) bond motifs is 2. The van der Waals surface area contributed by atoms with Gasteiger partial charge in [0.1, 0.15) is 0 Å². The zero-order chi connectivity index (χ0) is 18.8. The first-order valence-electron chi connectivity index (χ1n) is 9.63. The van der Waals surface area contributed by atoms with Crippen molar-refractivity contribution in [2.24, 2.45) is 0 Å². The van der Waals surface area contributed by atoms with Gasteiger partial charge in [0, 0.05) is 0 Å². The van der Waals surface area contributed by atoms with Crippen LogP contribution in [0.3, 0.4) is 0 Å². The predicted octanol–water partition coefficient (Wildman–Crippen LogP) is 7.83. The molecule has 0 bridgehead atoms. The van der Waals surface area contributed by atoms with Gasteiger partial charge in [0.25, 0.3) is 0 Å². The van der Waals surface area contributed by atoms with Crippen LogP contribution in [-0.2, 0) is 0 Å². The van der Waals surface area contributed by atoms with Crippen molar-refractivity contribution in [2.45, 2.75) is 0 Å². The van der Waals surface area contributed by atoms with E-state index in [4.69, 9.17) is 0 Å². The molecule has 5 rings (SSSR count). The molecule has 0 aliphatic carbocycles. The van der Waals surface area contributed by atoms with E-state index in [1.807, 2.05) is 0 Å². The third kappa shape index (κ3) is 3.00. The molecule has 0 heteroatoms. The number of benzene rings is 5. The standard InChI is InChI=1S/C28H20/c1-2-9-21(10-3-1)17-18-24-20-19-23-12-5-7-15-26(23)28(24)27-16-8-13-22-11-4-6-14-25(22)27/h1-20H/b18-17+. The highest BCUT2D eigenvalue weighted by Crippen LogP contribution is 2.37. The predicted molar refractivity (Wildman–Crippen MR) is 122 cm³/mol. The summed E-state index contributed by atoms with van der Waals surface area (Å²) in [5.41, 5.74) is 5.02. The van der Waals surface area contributed by atoms with Gasteiger partial charge in [0.15, 0.2) is 0 Å². The maximum atomic E-state index is 2.24. The Morgan fingerprint density at radius 1 is 0.429 bits per heavy atom. The Hall–Kier alpha value is -3.64. The maximum Gasteiger partial charge on any atom is -0.00266 e. The van der Waals surface area contributed by atoms with E-state index in [0.29, 0.717) is 0 Å². The second-order valence-corrected chi connectivity index (χ2v) is 7.02. The van der Waals surface area contributed by atoms with Crippen LogP contribution >= 0.6 is 0 Å². The van der Waals surface area contributed by atoms with Gasteiger partial charge in [-0.2, -0.15) is 0 Å². The molecule has 0 saturated carbocycles. The van der Waals surface area contributed by atoms with Crippen LogP contribution in [0.4, 0.5) is 0 Å². The zero-order valence-electron chi connectivity index (χ0n) is 15.5. The summed E-state index contributed by atoms with van der Waals surface area (Å²) in [6.07, 6.45) is 4.43. The first-order valence-corrected chi connectivity index (χ1v) is 9.63. The number of hydrogen-bond donors (Lipinski definition) is 0. The van der Waals surface area contributed by atoms with Crippen molar-refractivity contribution in [3.05, 3.63) is 120 Å². The summed E-state index contributed by atoms with van der Waals surface area (Å²) >= 11 is 0.